The lowest BCUT2D eigenvalue weighted by atomic mass is 10.0. The van der Waals surface area contributed by atoms with Crippen LogP contribution >= 0.6 is 15.9 Å². The summed E-state index contributed by atoms with van der Waals surface area (Å²) in [5.41, 5.74) is 0.740. The predicted molar refractivity (Wildman–Crippen MR) is 55.4 cm³/mol. The number of hydrogen-bond acceptors (Lipinski definition) is 2. The zero-order chi connectivity index (χ0) is 9.84. The molecule has 13 heavy (non-hydrogen) atoms. The van der Waals surface area contributed by atoms with E-state index in [1.807, 2.05) is 25.1 Å². The molecule has 2 atom stereocenters. The van der Waals surface area contributed by atoms with Crippen molar-refractivity contribution in [2.24, 2.45) is 0 Å². The van der Waals surface area contributed by atoms with Crippen LogP contribution in [0.3, 0.4) is 0 Å². The van der Waals surface area contributed by atoms with E-state index in [1.165, 1.54) is 0 Å². The maximum atomic E-state index is 9.64. The van der Waals surface area contributed by atoms with Crippen molar-refractivity contribution in [2.75, 3.05) is 0 Å². The Labute approximate surface area is 86.3 Å². The van der Waals surface area contributed by atoms with Gasteiger partial charge in [0.05, 0.1) is 6.10 Å². The monoisotopic (exact) mass is 244 g/mol. The third-order valence-electron chi connectivity index (χ3n) is 1.97. The van der Waals surface area contributed by atoms with Crippen LogP contribution in [0.4, 0.5) is 0 Å². The van der Waals surface area contributed by atoms with Crippen molar-refractivity contribution in [1.82, 2.24) is 0 Å². The lowest BCUT2D eigenvalue weighted by Gasteiger charge is -2.16. The second kappa shape index (κ2) is 4.74. The van der Waals surface area contributed by atoms with Crippen molar-refractivity contribution in [1.29, 1.82) is 0 Å². The van der Waals surface area contributed by atoms with Crippen LogP contribution in [0.1, 0.15) is 25.0 Å². The first-order valence-corrected chi connectivity index (χ1v) is 5.06. The summed E-state index contributed by atoms with van der Waals surface area (Å²) in [7, 11) is 0. The van der Waals surface area contributed by atoms with Crippen molar-refractivity contribution >= 4 is 15.9 Å². The number of aliphatic hydroxyl groups excluding tert-OH is 2. The van der Waals surface area contributed by atoms with Gasteiger partial charge in [-0.15, -0.1) is 0 Å². The summed E-state index contributed by atoms with van der Waals surface area (Å²) in [5.74, 6) is 0. The highest BCUT2D eigenvalue weighted by atomic mass is 79.9. The molecule has 0 saturated heterocycles. The summed E-state index contributed by atoms with van der Waals surface area (Å²) in [6, 6.07) is 7.33. The summed E-state index contributed by atoms with van der Waals surface area (Å²) >= 11 is 3.31. The normalized spacial score (nSPS) is 15.4. The van der Waals surface area contributed by atoms with Crippen LogP contribution in [0.25, 0.3) is 0 Å². The lowest BCUT2D eigenvalue weighted by Crippen LogP contribution is -2.16. The van der Waals surface area contributed by atoms with E-state index in [0.29, 0.717) is 6.42 Å². The van der Waals surface area contributed by atoms with Crippen molar-refractivity contribution < 1.29 is 10.2 Å². The van der Waals surface area contributed by atoms with Crippen LogP contribution in [-0.2, 0) is 0 Å². The molecule has 1 rings (SSSR count). The molecule has 0 amide bonds. The Hall–Kier alpha value is -0.380. The van der Waals surface area contributed by atoms with E-state index in [-0.39, 0.29) is 0 Å². The molecule has 1 aromatic rings. The fraction of sp³-hybridized carbons (Fsp3) is 0.400. The fourth-order valence-electron chi connectivity index (χ4n) is 1.14. The topological polar surface area (TPSA) is 40.5 Å². The van der Waals surface area contributed by atoms with Gasteiger partial charge < -0.3 is 10.2 Å². The highest BCUT2D eigenvalue weighted by molar-refractivity contribution is 9.10. The summed E-state index contributed by atoms with van der Waals surface area (Å²) in [6.45, 7) is 1.84. The van der Waals surface area contributed by atoms with Crippen LogP contribution in [-0.4, -0.2) is 16.3 Å². The van der Waals surface area contributed by atoms with Crippen molar-refractivity contribution in [2.45, 2.75) is 25.6 Å². The van der Waals surface area contributed by atoms with E-state index >= 15 is 0 Å². The first kappa shape index (κ1) is 10.7. The van der Waals surface area contributed by atoms with Gasteiger partial charge in [0, 0.05) is 4.47 Å². The number of halogens is 1. The molecule has 3 heteroatoms. The molecule has 0 spiro atoms. The maximum absolute atomic E-state index is 9.64. The van der Waals surface area contributed by atoms with Gasteiger partial charge in [-0.1, -0.05) is 35.0 Å². The number of hydrogen-bond donors (Lipinski definition) is 2. The van der Waals surface area contributed by atoms with Crippen molar-refractivity contribution in [3.05, 3.63) is 34.3 Å². The Morgan fingerprint density at radius 3 is 2.62 bits per heavy atom. The van der Waals surface area contributed by atoms with Crippen molar-refractivity contribution in [3.8, 4) is 0 Å². The molecule has 2 nitrogen and oxygen atoms in total. The van der Waals surface area contributed by atoms with Crippen LogP contribution in [0, 0.1) is 0 Å². The average Bonchev–Trinajstić information content (AvgIpc) is 2.15. The highest BCUT2D eigenvalue weighted by Crippen LogP contribution is 2.21. The molecular formula is C10H13BrO2. The number of rotatable bonds is 3. The summed E-state index contributed by atoms with van der Waals surface area (Å²) in [5, 5.41) is 19.0. The van der Waals surface area contributed by atoms with Crippen LogP contribution < -0.4 is 0 Å². The van der Waals surface area contributed by atoms with E-state index in [0.717, 1.165) is 10.0 Å². The molecule has 1 aromatic carbocycles. The minimum atomic E-state index is -0.789. The van der Waals surface area contributed by atoms with Gasteiger partial charge in [-0.2, -0.15) is 0 Å². The van der Waals surface area contributed by atoms with Gasteiger partial charge in [-0.3, -0.25) is 0 Å². The van der Waals surface area contributed by atoms with Gasteiger partial charge in [0.1, 0.15) is 6.10 Å². The predicted octanol–water partition coefficient (Wildman–Crippen LogP) is 2.25. The average molecular weight is 245 g/mol. The molecule has 0 saturated carbocycles. The molecule has 0 aromatic heterocycles. The third kappa shape index (κ3) is 2.79. The van der Waals surface area contributed by atoms with Gasteiger partial charge in [0.15, 0.2) is 0 Å². The molecule has 0 unspecified atom stereocenters. The Morgan fingerprint density at radius 1 is 1.38 bits per heavy atom. The molecular weight excluding hydrogens is 232 g/mol. The molecule has 2 N–H and O–H groups in total. The molecule has 72 valence electrons. The minimum absolute atomic E-state index is 0.549. The number of benzene rings is 1. The van der Waals surface area contributed by atoms with E-state index in [9.17, 15) is 10.2 Å². The minimum Gasteiger partial charge on any atom is -0.390 e. The first-order chi connectivity index (χ1) is 6.15. The van der Waals surface area contributed by atoms with Gasteiger partial charge in [0.25, 0.3) is 0 Å². The number of aliphatic hydroxyl groups is 2. The van der Waals surface area contributed by atoms with E-state index in [1.54, 1.807) is 6.07 Å². The Kier molecular flexibility index (Phi) is 3.90. The van der Waals surface area contributed by atoms with E-state index in [2.05, 4.69) is 15.9 Å². The summed E-state index contributed by atoms with van der Waals surface area (Å²) in [6.07, 6.45) is -0.926. The zero-order valence-corrected chi connectivity index (χ0v) is 9.03. The standard InChI is InChI=1S/C10H13BrO2/c1-2-9(12)10(13)7-4-3-5-8(11)6-7/h3-6,9-10,12-13H,2H2,1H3/t9-,10-/m0/s1. The zero-order valence-electron chi connectivity index (χ0n) is 7.44. The fourth-order valence-corrected chi connectivity index (χ4v) is 1.55. The molecule has 0 fully saturated rings. The van der Waals surface area contributed by atoms with Gasteiger partial charge in [0.2, 0.25) is 0 Å². The van der Waals surface area contributed by atoms with E-state index in [4.69, 9.17) is 0 Å². The SMILES string of the molecule is CC[C@H](O)[C@@H](O)c1cccc(Br)c1. The second-order valence-electron chi connectivity index (χ2n) is 2.98. The van der Waals surface area contributed by atoms with Crippen LogP contribution in [0.5, 0.6) is 0 Å². The first-order valence-electron chi connectivity index (χ1n) is 4.26. The largest absolute Gasteiger partial charge is 0.390 e. The molecule has 0 bridgehead atoms. The summed E-state index contributed by atoms with van der Waals surface area (Å²) < 4.78 is 0.910. The smallest absolute Gasteiger partial charge is 0.105 e. The molecule has 0 heterocycles. The third-order valence-corrected chi connectivity index (χ3v) is 2.47. The van der Waals surface area contributed by atoms with Crippen molar-refractivity contribution in [3.63, 3.8) is 0 Å². The maximum Gasteiger partial charge on any atom is 0.105 e. The Balaban J connectivity index is 2.82. The van der Waals surface area contributed by atoms with E-state index < -0.39 is 12.2 Å². The Bertz CT molecular complexity index is 275. The van der Waals surface area contributed by atoms with Crippen LogP contribution in [0.2, 0.25) is 0 Å². The lowest BCUT2D eigenvalue weighted by molar-refractivity contribution is 0.0164. The molecule has 0 aliphatic carbocycles. The molecule has 0 radical (unpaired) electrons. The quantitative estimate of drug-likeness (QED) is 0.857. The Morgan fingerprint density at radius 2 is 2.08 bits per heavy atom. The highest BCUT2D eigenvalue weighted by Gasteiger charge is 2.15. The van der Waals surface area contributed by atoms with Crippen LogP contribution in [0.15, 0.2) is 28.7 Å². The summed E-state index contributed by atoms with van der Waals surface area (Å²) in [4.78, 5) is 0. The molecule has 0 aliphatic heterocycles. The van der Waals surface area contributed by atoms with Gasteiger partial charge in [-0.05, 0) is 24.1 Å². The second-order valence-corrected chi connectivity index (χ2v) is 3.89. The molecule has 0 aliphatic rings. The van der Waals surface area contributed by atoms with Gasteiger partial charge >= 0.3 is 0 Å². The van der Waals surface area contributed by atoms with Gasteiger partial charge in [-0.25, -0.2) is 0 Å².